The van der Waals surface area contributed by atoms with Gasteiger partial charge in [0.05, 0.1) is 17.4 Å². The molecule has 2 heterocycles. The molecule has 1 unspecified atom stereocenters. The lowest BCUT2D eigenvalue weighted by Crippen LogP contribution is -2.26. The van der Waals surface area contributed by atoms with Crippen molar-refractivity contribution in [2.45, 2.75) is 12.5 Å². The Hall–Kier alpha value is -1.55. The highest BCUT2D eigenvalue weighted by atomic mass is 15.2. The molecule has 4 heteroatoms. The first-order chi connectivity index (χ1) is 7.33. The molecule has 1 aromatic carbocycles. The Morgan fingerprint density at radius 1 is 1.47 bits per heavy atom. The number of fused-ring (bicyclic) bond motifs is 1. The van der Waals surface area contributed by atoms with E-state index in [9.17, 15) is 0 Å². The molecule has 0 aliphatic carbocycles. The van der Waals surface area contributed by atoms with E-state index in [-0.39, 0.29) is 0 Å². The maximum Gasteiger partial charge on any atom is 0.0931 e. The molecule has 2 aromatic rings. The van der Waals surface area contributed by atoms with E-state index in [1.54, 1.807) is 6.33 Å². The number of H-pyrrole nitrogens is 1. The number of imidazole rings is 1. The molecular weight excluding hydrogens is 188 g/mol. The number of aromatic amines is 1. The average molecular weight is 202 g/mol. The monoisotopic (exact) mass is 202 g/mol. The van der Waals surface area contributed by atoms with Crippen LogP contribution in [0.5, 0.6) is 0 Å². The van der Waals surface area contributed by atoms with Crippen LogP contribution in [0.3, 0.4) is 0 Å². The summed E-state index contributed by atoms with van der Waals surface area (Å²) in [7, 11) is 0. The fourth-order valence-electron chi connectivity index (χ4n) is 2.14. The van der Waals surface area contributed by atoms with Crippen molar-refractivity contribution in [2.75, 3.05) is 18.0 Å². The summed E-state index contributed by atoms with van der Waals surface area (Å²) in [5.74, 6) is 0. The second-order valence-corrected chi connectivity index (χ2v) is 4.10. The molecule has 1 aromatic heterocycles. The number of aromatic nitrogens is 2. The molecule has 0 bridgehead atoms. The van der Waals surface area contributed by atoms with E-state index in [0.29, 0.717) is 6.04 Å². The number of hydrogen-bond acceptors (Lipinski definition) is 3. The lowest BCUT2D eigenvalue weighted by molar-refractivity contribution is 0.752. The third-order valence-electron chi connectivity index (χ3n) is 2.99. The van der Waals surface area contributed by atoms with Crippen LogP contribution in [0.15, 0.2) is 24.5 Å². The van der Waals surface area contributed by atoms with Gasteiger partial charge in [0, 0.05) is 24.8 Å². The van der Waals surface area contributed by atoms with Gasteiger partial charge in [-0.2, -0.15) is 0 Å². The first kappa shape index (κ1) is 8.73. The van der Waals surface area contributed by atoms with Crippen molar-refractivity contribution in [3.63, 3.8) is 0 Å². The Labute approximate surface area is 88.1 Å². The summed E-state index contributed by atoms with van der Waals surface area (Å²) < 4.78 is 0. The number of anilines is 1. The molecule has 1 saturated heterocycles. The molecule has 1 fully saturated rings. The second-order valence-electron chi connectivity index (χ2n) is 4.10. The summed E-state index contributed by atoms with van der Waals surface area (Å²) in [6.45, 7) is 2.01. The quantitative estimate of drug-likeness (QED) is 0.728. The number of benzene rings is 1. The van der Waals surface area contributed by atoms with Crippen molar-refractivity contribution in [2.24, 2.45) is 5.73 Å². The number of nitrogens with one attached hydrogen (secondary N) is 1. The van der Waals surface area contributed by atoms with E-state index >= 15 is 0 Å². The summed E-state index contributed by atoms with van der Waals surface area (Å²) in [6.07, 6.45) is 2.81. The molecular formula is C11H14N4. The van der Waals surface area contributed by atoms with Crippen molar-refractivity contribution in [3.05, 3.63) is 24.5 Å². The van der Waals surface area contributed by atoms with Gasteiger partial charge in [-0.05, 0) is 24.6 Å². The SMILES string of the molecule is NC1CCN(c2ccc3nc[nH]c3c2)C1. The first-order valence-corrected chi connectivity index (χ1v) is 5.26. The predicted octanol–water partition coefficient (Wildman–Crippen LogP) is 1.10. The van der Waals surface area contributed by atoms with Gasteiger partial charge < -0.3 is 15.6 Å². The average Bonchev–Trinajstić information content (AvgIpc) is 2.84. The number of rotatable bonds is 1. The maximum absolute atomic E-state index is 5.89. The molecule has 4 nitrogen and oxygen atoms in total. The summed E-state index contributed by atoms with van der Waals surface area (Å²) in [4.78, 5) is 9.65. The van der Waals surface area contributed by atoms with E-state index in [4.69, 9.17) is 5.73 Å². The van der Waals surface area contributed by atoms with Crippen LogP contribution in [-0.2, 0) is 0 Å². The smallest absolute Gasteiger partial charge is 0.0931 e. The Morgan fingerprint density at radius 3 is 3.20 bits per heavy atom. The van der Waals surface area contributed by atoms with E-state index in [1.165, 1.54) is 5.69 Å². The summed E-state index contributed by atoms with van der Waals surface area (Å²) in [6, 6.07) is 6.62. The maximum atomic E-state index is 5.89. The molecule has 0 spiro atoms. The minimum atomic E-state index is 0.322. The van der Waals surface area contributed by atoms with Crippen LogP contribution in [0.4, 0.5) is 5.69 Å². The molecule has 15 heavy (non-hydrogen) atoms. The van der Waals surface area contributed by atoms with Gasteiger partial charge in [-0.1, -0.05) is 0 Å². The van der Waals surface area contributed by atoms with Gasteiger partial charge in [0.1, 0.15) is 0 Å². The van der Waals surface area contributed by atoms with Crippen LogP contribution in [0.25, 0.3) is 11.0 Å². The van der Waals surface area contributed by atoms with Crippen LogP contribution in [0.1, 0.15) is 6.42 Å². The summed E-state index contributed by atoms with van der Waals surface area (Å²) in [5, 5.41) is 0. The predicted molar refractivity (Wildman–Crippen MR) is 60.9 cm³/mol. The fraction of sp³-hybridized carbons (Fsp3) is 0.364. The highest BCUT2D eigenvalue weighted by molar-refractivity contribution is 5.79. The molecule has 1 atom stereocenters. The fourth-order valence-corrected chi connectivity index (χ4v) is 2.14. The molecule has 0 radical (unpaired) electrons. The minimum absolute atomic E-state index is 0.322. The van der Waals surface area contributed by atoms with Crippen molar-refractivity contribution >= 4 is 16.7 Å². The van der Waals surface area contributed by atoms with Gasteiger partial charge in [0.15, 0.2) is 0 Å². The third-order valence-corrected chi connectivity index (χ3v) is 2.99. The van der Waals surface area contributed by atoms with E-state index in [0.717, 1.165) is 30.5 Å². The van der Waals surface area contributed by atoms with E-state index in [1.807, 2.05) is 6.07 Å². The largest absolute Gasteiger partial charge is 0.370 e. The standard InChI is InChI=1S/C11H14N4/c12-8-3-4-15(6-8)9-1-2-10-11(5-9)14-7-13-10/h1-2,5,7-8H,3-4,6,12H2,(H,13,14). The van der Waals surface area contributed by atoms with Crippen LogP contribution < -0.4 is 10.6 Å². The lowest BCUT2D eigenvalue weighted by atomic mass is 10.2. The van der Waals surface area contributed by atoms with Gasteiger partial charge in [0.25, 0.3) is 0 Å². The zero-order valence-corrected chi connectivity index (χ0v) is 8.48. The van der Waals surface area contributed by atoms with Crippen LogP contribution in [0, 0.1) is 0 Å². The molecule has 1 aliphatic rings. The van der Waals surface area contributed by atoms with Crippen molar-refractivity contribution in [1.82, 2.24) is 9.97 Å². The molecule has 3 N–H and O–H groups in total. The summed E-state index contributed by atoms with van der Waals surface area (Å²) in [5.41, 5.74) is 9.24. The normalized spacial score (nSPS) is 21.4. The highest BCUT2D eigenvalue weighted by Gasteiger charge is 2.19. The van der Waals surface area contributed by atoms with Crippen LogP contribution in [-0.4, -0.2) is 29.1 Å². The lowest BCUT2D eigenvalue weighted by Gasteiger charge is -2.17. The Kier molecular flexibility index (Phi) is 1.89. The molecule has 0 amide bonds. The van der Waals surface area contributed by atoms with Crippen molar-refractivity contribution < 1.29 is 0 Å². The first-order valence-electron chi connectivity index (χ1n) is 5.26. The zero-order chi connectivity index (χ0) is 10.3. The Balaban J connectivity index is 1.97. The van der Waals surface area contributed by atoms with E-state index < -0.39 is 0 Å². The molecule has 1 aliphatic heterocycles. The molecule has 3 rings (SSSR count). The number of hydrogen-bond donors (Lipinski definition) is 2. The van der Waals surface area contributed by atoms with Crippen molar-refractivity contribution in [1.29, 1.82) is 0 Å². The van der Waals surface area contributed by atoms with Gasteiger partial charge in [0.2, 0.25) is 0 Å². The molecule has 0 saturated carbocycles. The van der Waals surface area contributed by atoms with Crippen molar-refractivity contribution in [3.8, 4) is 0 Å². The van der Waals surface area contributed by atoms with Gasteiger partial charge >= 0.3 is 0 Å². The Morgan fingerprint density at radius 2 is 2.40 bits per heavy atom. The minimum Gasteiger partial charge on any atom is -0.370 e. The van der Waals surface area contributed by atoms with E-state index in [2.05, 4.69) is 27.0 Å². The summed E-state index contributed by atoms with van der Waals surface area (Å²) >= 11 is 0. The number of nitrogens with two attached hydrogens (primary N) is 1. The third kappa shape index (κ3) is 1.47. The molecule has 78 valence electrons. The van der Waals surface area contributed by atoms with Gasteiger partial charge in [-0.25, -0.2) is 4.98 Å². The number of nitrogens with zero attached hydrogens (tertiary/aromatic N) is 2. The zero-order valence-electron chi connectivity index (χ0n) is 8.48. The topological polar surface area (TPSA) is 57.9 Å². The highest BCUT2D eigenvalue weighted by Crippen LogP contribution is 2.22. The Bertz CT molecular complexity index is 476. The van der Waals surface area contributed by atoms with Crippen LogP contribution >= 0.6 is 0 Å². The van der Waals surface area contributed by atoms with Crippen LogP contribution in [0.2, 0.25) is 0 Å². The second kappa shape index (κ2) is 3.24. The van der Waals surface area contributed by atoms with Gasteiger partial charge in [-0.3, -0.25) is 0 Å². The van der Waals surface area contributed by atoms with Gasteiger partial charge in [-0.15, -0.1) is 0 Å².